The Labute approximate surface area is 173 Å². The zero-order valence-electron chi connectivity index (χ0n) is 17.6. The smallest absolute Gasteiger partial charge is 0.224 e. The van der Waals surface area contributed by atoms with E-state index in [0.717, 1.165) is 36.5 Å². The van der Waals surface area contributed by atoms with Gasteiger partial charge >= 0.3 is 0 Å². The number of rotatable bonds is 3. The Morgan fingerprint density at radius 1 is 1.18 bits per heavy atom. The second-order valence-corrected chi connectivity index (χ2v) is 11.2. The molecule has 3 saturated carbocycles. The monoisotopic (exact) mass is 401 g/mol. The number of nitrogens with zero attached hydrogens (tertiary/aromatic N) is 1. The van der Waals surface area contributed by atoms with Crippen LogP contribution in [-0.2, 0) is 0 Å². The number of aromatic nitrogens is 1. The van der Waals surface area contributed by atoms with Crippen molar-refractivity contribution in [2.45, 2.75) is 84.2 Å². The van der Waals surface area contributed by atoms with Gasteiger partial charge in [-0.3, -0.25) is 0 Å². The van der Waals surface area contributed by atoms with Crippen molar-refractivity contribution in [3.8, 4) is 5.88 Å². The molecule has 0 radical (unpaired) electrons. The van der Waals surface area contributed by atoms with Gasteiger partial charge in [0.1, 0.15) is 5.01 Å². The van der Waals surface area contributed by atoms with E-state index in [-0.39, 0.29) is 6.10 Å². The lowest BCUT2D eigenvalue weighted by molar-refractivity contribution is -0.0409. The van der Waals surface area contributed by atoms with Crippen LogP contribution in [-0.4, -0.2) is 22.8 Å². The van der Waals surface area contributed by atoms with Crippen LogP contribution in [0.4, 0.5) is 0 Å². The predicted octanol–water partition coefficient (Wildman–Crippen LogP) is 5.95. The van der Waals surface area contributed by atoms with Crippen LogP contribution in [0.1, 0.15) is 83.1 Å². The van der Waals surface area contributed by atoms with Gasteiger partial charge < -0.3 is 9.84 Å². The van der Waals surface area contributed by atoms with Gasteiger partial charge in [0, 0.05) is 5.92 Å². The molecule has 7 atom stereocenters. The molecule has 4 aliphatic carbocycles. The summed E-state index contributed by atoms with van der Waals surface area (Å²) in [5.41, 5.74) is 2.30. The molecule has 0 saturated heterocycles. The van der Waals surface area contributed by atoms with E-state index in [2.05, 4.69) is 25.3 Å². The molecule has 5 rings (SSSR count). The quantitative estimate of drug-likeness (QED) is 0.637. The minimum Gasteiger partial charge on any atom is -0.477 e. The first-order chi connectivity index (χ1) is 13.5. The van der Waals surface area contributed by atoms with Crippen LogP contribution in [0.5, 0.6) is 5.88 Å². The van der Waals surface area contributed by atoms with Gasteiger partial charge in [-0.05, 0) is 86.9 Å². The van der Waals surface area contributed by atoms with Crippen LogP contribution in [0.3, 0.4) is 0 Å². The molecule has 28 heavy (non-hydrogen) atoms. The first-order valence-electron chi connectivity index (χ1n) is 11.4. The highest BCUT2D eigenvalue weighted by molar-refractivity contribution is 7.09. The largest absolute Gasteiger partial charge is 0.477 e. The first kappa shape index (κ1) is 19.1. The standard InChI is InChI=1S/C24H35NO2S/c1-4-27-21-14-28-22(25-21)20-8-7-18-17-6-5-15-13-16(26)9-11-23(15,2)19(17)10-12-24(18,20)3/h5,14,16-20,26H,4,6-13H2,1-3H3/t16?,17-,18-,19-,20?,23-,24-/m0/s1. The number of fused-ring (bicyclic) bond motifs is 5. The van der Waals surface area contributed by atoms with Crippen LogP contribution in [0.15, 0.2) is 17.0 Å². The molecule has 4 heteroatoms. The van der Waals surface area contributed by atoms with Crippen molar-refractivity contribution in [1.29, 1.82) is 0 Å². The van der Waals surface area contributed by atoms with E-state index in [9.17, 15) is 5.11 Å². The first-order valence-corrected chi connectivity index (χ1v) is 12.3. The third-order valence-corrected chi connectivity index (χ3v) is 10.1. The van der Waals surface area contributed by atoms with E-state index in [1.165, 1.54) is 43.5 Å². The number of thiazole rings is 1. The molecule has 2 unspecified atom stereocenters. The van der Waals surface area contributed by atoms with Crippen molar-refractivity contribution in [2.24, 2.45) is 28.6 Å². The molecule has 3 fully saturated rings. The SMILES string of the molecule is CCOc1csc(C2CC[C@H]3[C@@H]4CC=C5CC(O)CC[C@]5(C)[C@H]4CC[C@]23C)n1. The molecule has 0 spiro atoms. The molecular formula is C24H35NO2S. The maximum Gasteiger partial charge on any atom is 0.224 e. The molecule has 1 N–H and O–H groups in total. The highest BCUT2D eigenvalue weighted by atomic mass is 32.1. The topological polar surface area (TPSA) is 42.4 Å². The normalized spacial score (nSPS) is 45.0. The molecule has 1 aromatic rings. The number of aliphatic hydroxyl groups is 1. The fraction of sp³-hybridized carbons (Fsp3) is 0.792. The van der Waals surface area contributed by atoms with Crippen molar-refractivity contribution < 1.29 is 9.84 Å². The van der Waals surface area contributed by atoms with Crippen molar-refractivity contribution in [1.82, 2.24) is 4.98 Å². The Morgan fingerprint density at radius 2 is 2.04 bits per heavy atom. The maximum atomic E-state index is 10.2. The summed E-state index contributed by atoms with van der Waals surface area (Å²) in [6, 6.07) is 0. The summed E-state index contributed by atoms with van der Waals surface area (Å²) in [7, 11) is 0. The van der Waals surface area contributed by atoms with Crippen LogP contribution in [0.25, 0.3) is 0 Å². The fourth-order valence-corrected chi connectivity index (χ4v) is 8.73. The molecule has 154 valence electrons. The summed E-state index contributed by atoms with van der Waals surface area (Å²) in [5.74, 6) is 3.87. The summed E-state index contributed by atoms with van der Waals surface area (Å²) in [6.07, 6.45) is 12.1. The minimum atomic E-state index is -0.106. The zero-order chi connectivity index (χ0) is 19.5. The lowest BCUT2D eigenvalue weighted by atomic mass is 9.47. The number of hydrogen-bond donors (Lipinski definition) is 1. The molecule has 1 heterocycles. The van der Waals surface area contributed by atoms with E-state index in [0.29, 0.717) is 23.4 Å². The molecule has 0 aromatic carbocycles. The van der Waals surface area contributed by atoms with Gasteiger partial charge in [-0.1, -0.05) is 25.5 Å². The average molecular weight is 402 g/mol. The van der Waals surface area contributed by atoms with Crippen molar-refractivity contribution in [3.05, 3.63) is 22.0 Å². The second-order valence-electron chi connectivity index (χ2n) is 10.3. The lowest BCUT2D eigenvalue weighted by Gasteiger charge is -2.58. The maximum absolute atomic E-state index is 10.2. The summed E-state index contributed by atoms with van der Waals surface area (Å²) >= 11 is 1.81. The van der Waals surface area contributed by atoms with Gasteiger partial charge in [0.2, 0.25) is 5.88 Å². The molecule has 0 amide bonds. The Bertz CT molecular complexity index is 772. The van der Waals surface area contributed by atoms with Gasteiger partial charge in [0.15, 0.2) is 0 Å². The summed E-state index contributed by atoms with van der Waals surface area (Å²) in [4.78, 5) is 4.87. The third kappa shape index (κ3) is 2.74. The van der Waals surface area contributed by atoms with Crippen molar-refractivity contribution in [3.63, 3.8) is 0 Å². The van der Waals surface area contributed by atoms with Gasteiger partial charge in [0.25, 0.3) is 0 Å². The average Bonchev–Trinajstić information content (AvgIpc) is 3.26. The van der Waals surface area contributed by atoms with Crippen LogP contribution in [0.2, 0.25) is 0 Å². The van der Waals surface area contributed by atoms with Crippen molar-refractivity contribution in [2.75, 3.05) is 6.61 Å². The molecular weight excluding hydrogens is 366 g/mol. The van der Waals surface area contributed by atoms with E-state index < -0.39 is 0 Å². The highest BCUT2D eigenvalue weighted by Crippen LogP contribution is 2.68. The second kappa shape index (κ2) is 6.84. The number of allylic oxidation sites excluding steroid dienone is 1. The molecule has 0 aliphatic heterocycles. The Morgan fingerprint density at radius 3 is 2.86 bits per heavy atom. The molecule has 4 aliphatic rings. The summed E-state index contributed by atoms with van der Waals surface area (Å²) in [6.45, 7) is 7.81. The minimum absolute atomic E-state index is 0.106. The van der Waals surface area contributed by atoms with E-state index in [1.54, 1.807) is 5.57 Å². The summed E-state index contributed by atoms with van der Waals surface area (Å²) in [5, 5.41) is 13.6. The lowest BCUT2D eigenvalue weighted by Crippen LogP contribution is -2.50. The predicted molar refractivity (Wildman–Crippen MR) is 114 cm³/mol. The number of aliphatic hydroxyl groups excluding tert-OH is 1. The Hall–Kier alpha value is -0.870. The van der Waals surface area contributed by atoms with Crippen LogP contribution < -0.4 is 4.74 Å². The van der Waals surface area contributed by atoms with Crippen LogP contribution in [0, 0.1) is 28.6 Å². The van der Waals surface area contributed by atoms with E-state index in [4.69, 9.17) is 9.72 Å². The van der Waals surface area contributed by atoms with E-state index >= 15 is 0 Å². The third-order valence-electron chi connectivity index (χ3n) is 9.17. The fourth-order valence-electron chi connectivity index (χ4n) is 7.69. The zero-order valence-corrected chi connectivity index (χ0v) is 18.4. The van der Waals surface area contributed by atoms with Gasteiger partial charge in [-0.15, -0.1) is 11.3 Å². The Balaban J connectivity index is 1.42. The van der Waals surface area contributed by atoms with Gasteiger partial charge in [0.05, 0.1) is 18.1 Å². The number of hydrogen-bond acceptors (Lipinski definition) is 4. The van der Waals surface area contributed by atoms with Crippen LogP contribution >= 0.6 is 11.3 Å². The molecule has 1 aromatic heterocycles. The highest BCUT2D eigenvalue weighted by Gasteiger charge is 2.59. The van der Waals surface area contributed by atoms with E-state index in [1.807, 2.05) is 18.3 Å². The number of ether oxygens (including phenoxy) is 1. The van der Waals surface area contributed by atoms with Gasteiger partial charge in [-0.2, -0.15) is 0 Å². The molecule has 3 nitrogen and oxygen atoms in total. The summed E-state index contributed by atoms with van der Waals surface area (Å²) < 4.78 is 5.65. The van der Waals surface area contributed by atoms with Crippen molar-refractivity contribution >= 4 is 11.3 Å². The Kier molecular flexibility index (Phi) is 4.67. The molecule has 0 bridgehead atoms. The van der Waals surface area contributed by atoms with Gasteiger partial charge in [-0.25, -0.2) is 4.98 Å².